The van der Waals surface area contributed by atoms with Crippen molar-refractivity contribution >= 4 is 22.9 Å². The molecule has 0 unspecified atom stereocenters. The Labute approximate surface area is 161 Å². The van der Waals surface area contributed by atoms with Gasteiger partial charge in [0.05, 0.1) is 6.61 Å². The van der Waals surface area contributed by atoms with Gasteiger partial charge in [0.25, 0.3) is 0 Å². The van der Waals surface area contributed by atoms with Crippen molar-refractivity contribution in [3.63, 3.8) is 0 Å². The lowest BCUT2D eigenvalue weighted by Crippen LogP contribution is -2.17. The average molecular weight is 395 g/mol. The van der Waals surface area contributed by atoms with Gasteiger partial charge in [-0.15, -0.1) is 13.2 Å². The Morgan fingerprint density at radius 3 is 2.64 bits per heavy atom. The molecule has 2 aromatic rings. The number of benzene rings is 1. The molecular weight excluding hydrogens is 371 g/mol. The molecule has 0 spiro atoms. The Hall–Kier alpha value is -2.44. The maximum Gasteiger partial charge on any atom is 0.573 e. The fourth-order valence-electron chi connectivity index (χ4n) is 3.78. The smallest absolute Gasteiger partial charge is 0.463 e. The number of aromatic nitrogens is 1. The molecule has 152 valence electrons. The zero-order chi connectivity index (χ0) is 20.1. The van der Waals surface area contributed by atoms with Crippen molar-refractivity contribution in [1.82, 2.24) is 4.57 Å². The summed E-state index contributed by atoms with van der Waals surface area (Å²) in [6.07, 6.45) is 4.18. The molecule has 0 atom stereocenters. The van der Waals surface area contributed by atoms with Crippen molar-refractivity contribution in [2.75, 3.05) is 6.61 Å². The quantitative estimate of drug-likeness (QED) is 0.466. The first-order valence-corrected chi connectivity index (χ1v) is 9.59. The third-order valence-electron chi connectivity index (χ3n) is 4.98. The molecule has 1 aliphatic rings. The Bertz CT molecular complexity index is 848. The summed E-state index contributed by atoms with van der Waals surface area (Å²) >= 11 is 0. The maximum atomic E-state index is 12.5. The van der Waals surface area contributed by atoms with Gasteiger partial charge < -0.3 is 14.0 Å². The Morgan fingerprint density at radius 2 is 1.96 bits per heavy atom. The highest BCUT2D eigenvalue weighted by atomic mass is 19.4. The molecule has 1 heterocycles. The van der Waals surface area contributed by atoms with Crippen LogP contribution in [0.25, 0.3) is 17.0 Å². The van der Waals surface area contributed by atoms with Crippen LogP contribution in [-0.4, -0.2) is 23.5 Å². The second-order valence-corrected chi connectivity index (χ2v) is 7.04. The van der Waals surface area contributed by atoms with Gasteiger partial charge in [0.15, 0.2) is 0 Å². The number of hydrogen-bond acceptors (Lipinski definition) is 3. The number of halogens is 3. The van der Waals surface area contributed by atoms with E-state index in [9.17, 15) is 18.0 Å². The first-order chi connectivity index (χ1) is 13.4. The van der Waals surface area contributed by atoms with Crippen molar-refractivity contribution in [2.24, 2.45) is 5.92 Å². The van der Waals surface area contributed by atoms with Gasteiger partial charge in [-0.05, 0) is 56.0 Å². The number of carbonyl (C=O) groups is 1. The minimum Gasteiger partial charge on any atom is -0.463 e. The highest BCUT2D eigenvalue weighted by molar-refractivity contribution is 5.90. The van der Waals surface area contributed by atoms with E-state index in [0.717, 1.165) is 30.6 Å². The molecule has 4 nitrogen and oxygen atoms in total. The van der Waals surface area contributed by atoms with Gasteiger partial charge in [-0.1, -0.05) is 19.3 Å². The first-order valence-electron chi connectivity index (χ1n) is 9.59. The van der Waals surface area contributed by atoms with Crippen LogP contribution < -0.4 is 4.74 Å². The Morgan fingerprint density at radius 1 is 1.21 bits per heavy atom. The van der Waals surface area contributed by atoms with Crippen LogP contribution in [0.3, 0.4) is 0 Å². The van der Waals surface area contributed by atoms with E-state index < -0.39 is 12.3 Å². The van der Waals surface area contributed by atoms with Gasteiger partial charge in [-0.2, -0.15) is 0 Å². The monoisotopic (exact) mass is 395 g/mol. The highest BCUT2D eigenvalue weighted by Crippen LogP contribution is 2.32. The molecule has 1 fully saturated rings. The summed E-state index contributed by atoms with van der Waals surface area (Å²) in [5, 5.41) is 0.640. The van der Waals surface area contributed by atoms with E-state index in [4.69, 9.17) is 4.74 Å². The molecule has 0 saturated heterocycles. The molecule has 3 rings (SSSR count). The van der Waals surface area contributed by atoms with Crippen molar-refractivity contribution < 1.29 is 27.4 Å². The number of fused-ring (bicyclic) bond motifs is 1. The number of esters is 1. The van der Waals surface area contributed by atoms with Crippen LogP contribution in [0.15, 0.2) is 30.3 Å². The van der Waals surface area contributed by atoms with Crippen LogP contribution >= 0.6 is 0 Å². The molecule has 1 aromatic carbocycles. The number of rotatable bonds is 6. The summed E-state index contributed by atoms with van der Waals surface area (Å²) in [5.74, 6) is -0.181. The minimum atomic E-state index is -4.73. The number of alkyl halides is 3. The molecule has 0 aliphatic heterocycles. The van der Waals surface area contributed by atoms with Gasteiger partial charge in [0, 0.05) is 29.2 Å². The van der Waals surface area contributed by atoms with E-state index in [2.05, 4.69) is 9.30 Å². The van der Waals surface area contributed by atoms with E-state index in [-0.39, 0.29) is 12.4 Å². The first kappa shape index (κ1) is 20.3. The van der Waals surface area contributed by atoms with Gasteiger partial charge in [-0.3, -0.25) is 0 Å². The standard InChI is InChI=1S/C21H24F3NO3/c1-2-27-20(26)11-8-17-12-16-13-18(28-21(22,23)24)9-10-19(16)25(17)14-15-6-4-3-5-7-15/h8-13,15H,2-7,14H2,1H3/b11-8+. The van der Waals surface area contributed by atoms with Crippen molar-refractivity contribution in [1.29, 1.82) is 0 Å². The number of hydrogen-bond donors (Lipinski definition) is 0. The summed E-state index contributed by atoms with van der Waals surface area (Å²) in [7, 11) is 0. The number of ether oxygens (including phenoxy) is 2. The van der Waals surface area contributed by atoms with Gasteiger partial charge in [0.1, 0.15) is 5.75 Å². The zero-order valence-corrected chi connectivity index (χ0v) is 15.8. The molecule has 1 aromatic heterocycles. The van der Waals surface area contributed by atoms with Crippen molar-refractivity contribution in [2.45, 2.75) is 51.9 Å². The fourth-order valence-corrected chi connectivity index (χ4v) is 3.78. The number of carbonyl (C=O) groups excluding carboxylic acids is 1. The Kier molecular flexibility index (Phi) is 6.31. The van der Waals surface area contributed by atoms with Crippen LogP contribution in [0.4, 0.5) is 13.2 Å². The molecule has 0 N–H and O–H groups in total. The van der Waals surface area contributed by atoms with E-state index in [1.165, 1.54) is 37.5 Å². The van der Waals surface area contributed by atoms with Crippen molar-refractivity contribution in [3.05, 3.63) is 36.0 Å². The van der Waals surface area contributed by atoms with Crippen LogP contribution in [0.1, 0.15) is 44.7 Å². The largest absolute Gasteiger partial charge is 0.573 e. The Balaban J connectivity index is 1.94. The summed E-state index contributed by atoms with van der Waals surface area (Å²) in [5.41, 5.74) is 1.58. The lowest BCUT2D eigenvalue weighted by molar-refractivity contribution is -0.274. The molecule has 0 amide bonds. The van der Waals surface area contributed by atoms with Crippen molar-refractivity contribution in [3.8, 4) is 5.75 Å². The van der Waals surface area contributed by atoms with E-state index in [0.29, 0.717) is 11.3 Å². The van der Waals surface area contributed by atoms with Gasteiger partial charge in [0.2, 0.25) is 0 Å². The van der Waals surface area contributed by atoms with E-state index >= 15 is 0 Å². The SMILES string of the molecule is CCOC(=O)/C=C/c1cc2cc(OC(F)(F)F)ccc2n1CC1CCCCC1. The maximum absolute atomic E-state index is 12.5. The van der Waals surface area contributed by atoms with Crippen LogP contribution in [-0.2, 0) is 16.1 Å². The van der Waals surface area contributed by atoms with Crippen LogP contribution in [0.2, 0.25) is 0 Å². The van der Waals surface area contributed by atoms with Gasteiger partial charge in [-0.25, -0.2) is 4.79 Å². The molecule has 1 saturated carbocycles. The fraction of sp³-hybridized carbons (Fsp3) is 0.476. The predicted molar refractivity (Wildman–Crippen MR) is 101 cm³/mol. The topological polar surface area (TPSA) is 40.5 Å². The van der Waals surface area contributed by atoms with Crippen LogP contribution in [0, 0.1) is 5.92 Å². The van der Waals surface area contributed by atoms with Gasteiger partial charge >= 0.3 is 12.3 Å². The highest BCUT2D eigenvalue weighted by Gasteiger charge is 2.31. The molecule has 0 radical (unpaired) electrons. The summed E-state index contributed by atoms with van der Waals surface area (Å²) in [6, 6.07) is 6.12. The minimum absolute atomic E-state index is 0.254. The molecule has 7 heteroatoms. The normalized spacial score (nSPS) is 16.0. The third kappa shape index (κ3) is 5.30. The summed E-state index contributed by atoms with van der Waals surface area (Å²) in [4.78, 5) is 11.7. The molecule has 0 bridgehead atoms. The van der Waals surface area contributed by atoms with E-state index in [1.54, 1.807) is 25.1 Å². The number of nitrogens with zero attached hydrogens (tertiary/aromatic N) is 1. The lowest BCUT2D eigenvalue weighted by Gasteiger charge is -2.23. The zero-order valence-electron chi connectivity index (χ0n) is 15.8. The third-order valence-corrected chi connectivity index (χ3v) is 4.98. The summed E-state index contributed by atoms with van der Waals surface area (Å²) < 4.78 is 48.6. The molecule has 28 heavy (non-hydrogen) atoms. The van der Waals surface area contributed by atoms with E-state index in [1.807, 2.05) is 0 Å². The lowest BCUT2D eigenvalue weighted by atomic mass is 9.89. The van der Waals surface area contributed by atoms with Crippen LogP contribution in [0.5, 0.6) is 5.75 Å². The second kappa shape index (κ2) is 8.71. The predicted octanol–water partition coefficient (Wildman–Crippen LogP) is 5.70. The molecular formula is C21H24F3NO3. The average Bonchev–Trinajstić information content (AvgIpc) is 2.96. The molecule has 1 aliphatic carbocycles. The summed E-state index contributed by atoms with van der Waals surface area (Å²) in [6.45, 7) is 2.78. The second-order valence-electron chi connectivity index (χ2n) is 7.04.